The second-order valence-corrected chi connectivity index (χ2v) is 17.1. The molecule has 3 aromatic carbocycles. The Hall–Kier alpha value is -5.57. The molecule has 4 aromatic rings. The van der Waals surface area contributed by atoms with E-state index < -0.39 is 82.7 Å². The van der Waals surface area contributed by atoms with Crippen molar-refractivity contribution in [1.82, 2.24) is 9.55 Å². The molecule has 2 aliphatic heterocycles. The zero-order valence-corrected chi connectivity index (χ0v) is 36.8. The smallest absolute Gasteiger partial charge is 0.312 e. The first-order valence-electron chi connectivity index (χ1n) is 20.6. The number of aliphatic hydroxyl groups excluding tert-OH is 2. The summed E-state index contributed by atoms with van der Waals surface area (Å²) < 4.78 is 25.7. The fraction of sp³-hybridized carbons (Fsp3) is 0.468. The van der Waals surface area contributed by atoms with Crippen molar-refractivity contribution in [2.75, 3.05) is 12.4 Å². The molecule has 4 N–H and O–H groups in total. The summed E-state index contributed by atoms with van der Waals surface area (Å²) in [6, 6.07) is 5.77. The van der Waals surface area contributed by atoms with Gasteiger partial charge in [-0.25, -0.2) is 4.98 Å². The van der Waals surface area contributed by atoms with Crippen LogP contribution in [0.1, 0.15) is 89.7 Å². The number of aliphatic hydroxyl groups is 2. The summed E-state index contributed by atoms with van der Waals surface area (Å²) in [5, 5.41) is 37.8. The van der Waals surface area contributed by atoms with Gasteiger partial charge in [-0.1, -0.05) is 65.8 Å². The number of aromatic hydroxyl groups is 1. The molecule has 326 valence electrons. The van der Waals surface area contributed by atoms with E-state index in [1.54, 1.807) is 64.5 Å². The maximum Gasteiger partial charge on any atom is 0.312 e. The Kier molecular flexibility index (Phi) is 12.6. The molecule has 0 radical (unpaired) electrons. The number of nitrogens with one attached hydrogen (secondary N) is 1. The molecule has 0 spiro atoms. The highest BCUT2D eigenvalue weighted by atomic mass is 16.7. The maximum atomic E-state index is 14.7. The Labute approximate surface area is 354 Å². The highest BCUT2D eigenvalue weighted by molar-refractivity contribution is 6.27. The molecule has 2 aliphatic rings. The summed E-state index contributed by atoms with van der Waals surface area (Å²) >= 11 is 0. The van der Waals surface area contributed by atoms with Crippen molar-refractivity contribution in [1.29, 1.82) is 0 Å². The average molecular weight is 840 g/mol. The minimum absolute atomic E-state index is 0.0256. The molecule has 0 fully saturated rings. The van der Waals surface area contributed by atoms with Crippen LogP contribution in [-0.2, 0) is 30.8 Å². The number of amides is 1. The lowest BCUT2D eigenvalue weighted by Gasteiger charge is -2.38. The first-order valence-corrected chi connectivity index (χ1v) is 20.6. The number of aryl methyl sites for hydroxylation is 1. The SMILES string of the molecule is CO[C@H]1/C=C/O[C@@]2(C)Oc3c(C)c(=O)c4c(O)c(c5c(nc6ccc(C(C)C)cc6n5C)c4c3C2=O)NC(=O)/C(C)=C\C=C\[C@H](C)[C@H](O)[C@@H](C)[C@@H](O)[C@@H](C)[C@H](OC(C)=O)[C@@H]1C. The van der Waals surface area contributed by atoms with Crippen molar-refractivity contribution in [3.63, 3.8) is 0 Å². The molecule has 4 bridgehead atoms. The molecule has 6 rings (SSSR count). The fourth-order valence-corrected chi connectivity index (χ4v) is 8.63. The Morgan fingerprint density at radius 2 is 1.69 bits per heavy atom. The number of ether oxygens (including phenoxy) is 4. The van der Waals surface area contributed by atoms with E-state index in [4.69, 9.17) is 23.9 Å². The molecule has 1 amide bonds. The number of carbonyl (C=O) groups is 3. The van der Waals surface area contributed by atoms with E-state index in [-0.39, 0.29) is 55.9 Å². The molecular weight excluding hydrogens is 783 g/mol. The summed E-state index contributed by atoms with van der Waals surface area (Å²) in [5.41, 5.74) is 2.14. The van der Waals surface area contributed by atoms with Crippen LogP contribution in [0.15, 0.2) is 59.1 Å². The van der Waals surface area contributed by atoms with Crippen molar-refractivity contribution < 1.29 is 48.7 Å². The molecule has 0 unspecified atom stereocenters. The lowest BCUT2D eigenvalue weighted by molar-refractivity contribution is -0.160. The molecule has 14 heteroatoms. The lowest BCUT2D eigenvalue weighted by Crippen LogP contribution is -2.46. The number of nitrogens with zero attached hydrogens (tertiary/aromatic N) is 2. The van der Waals surface area contributed by atoms with E-state index in [1.807, 2.05) is 18.2 Å². The monoisotopic (exact) mass is 839 g/mol. The van der Waals surface area contributed by atoms with Crippen molar-refractivity contribution in [2.45, 2.75) is 105 Å². The molecule has 3 heterocycles. The molecule has 61 heavy (non-hydrogen) atoms. The summed E-state index contributed by atoms with van der Waals surface area (Å²) in [5.74, 6) is -6.69. The van der Waals surface area contributed by atoms with Gasteiger partial charge in [0.1, 0.15) is 17.5 Å². The zero-order chi connectivity index (χ0) is 45.0. The number of aromatic nitrogens is 2. The summed E-state index contributed by atoms with van der Waals surface area (Å²) in [7, 11) is 3.21. The van der Waals surface area contributed by atoms with Crippen LogP contribution < -0.4 is 15.5 Å². The summed E-state index contributed by atoms with van der Waals surface area (Å²) in [6.45, 7) is 16.8. The predicted octanol–water partition coefficient (Wildman–Crippen LogP) is 6.87. The topological polar surface area (TPSA) is 196 Å². The predicted molar refractivity (Wildman–Crippen MR) is 233 cm³/mol. The van der Waals surface area contributed by atoms with Crippen molar-refractivity contribution in [3.05, 3.63) is 81.3 Å². The number of hydrogen-bond acceptors (Lipinski definition) is 12. The van der Waals surface area contributed by atoms with E-state index in [0.717, 1.165) is 5.56 Å². The number of anilines is 1. The van der Waals surface area contributed by atoms with Gasteiger partial charge < -0.3 is 44.2 Å². The molecule has 0 saturated heterocycles. The van der Waals surface area contributed by atoms with Gasteiger partial charge in [-0.15, -0.1) is 0 Å². The minimum atomic E-state index is -2.00. The van der Waals surface area contributed by atoms with E-state index in [0.29, 0.717) is 11.0 Å². The molecule has 1 aromatic heterocycles. The third-order valence-corrected chi connectivity index (χ3v) is 12.5. The number of phenols is 1. The van der Waals surface area contributed by atoms with Gasteiger partial charge in [-0.05, 0) is 43.5 Å². The average Bonchev–Trinajstić information content (AvgIpc) is 3.48. The highest BCUT2D eigenvalue weighted by Crippen LogP contribution is 2.48. The second kappa shape index (κ2) is 17.1. The first-order chi connectivity index (χ1) is 28.6. The number of allylic oxidation sites excluding steroid dienone is 2. The third-order valence-electron chi connectivity index (χ3n) is 12.5. The maximum absolute atomic E-state index is 14.7. The Bertz CT molecular complexity index is 2590. The number of hydrogen-bond donors (Lipinski definition) is 4. The summed E-state index contributed by atoms with van der Waals surface area (Å²) in [6.07, 6.45) is 3.81. The number of fused-ring (bicyclic) bond motifs is 2. The van der Waals surface area contributed by atoms with Gasteiger partial charge in [-0.3, -0.25) is 19.2 Å². The highest BCUT2D eigenvalue weighted by Gasteiger charge is 2.49. The number of rotatable bonds is 3. The Morgan fingerprint density at radius 1 is 1.00 bits per heavy atom. The number of benzene rings is 3. The first kappa shape index (κ1) is 45.0. The van der Waals surface area contributed by atoms with E-state index in [2.05, 4.69) is 19.2 Å². The van der Waals surface area contributed by atoms with Crippen LogP contribution in [0, 0.1) is 30.6 Å². The normalized spacial score (nSPS) is 29.7. The molecule has 0 saturated carbocycles. The zero-order valence-electron chi connectivity index (χ0n) is 36.8. The third kappa shape index (κ3) is 7.92. The van der Waals surface area contributed by atoms with E-state index in [9.17, 15) is 34.5 Å². The fourth-order valence-electron chi connectivity index (χ4n) is 8.63. The Balaban J connectivity index is 1.63. The summed E-state index contributed by atoms with van der Waals surface area (Å²) in [4.78, 5) is 60.5. The van der Waals surface area contributed by atoms with Gasteiger partial charge in [-0.2, -0.15) is 0 Å². The van der Waals surface area contributed by atoms with Crippen LogP contribution in [-0.4, -0.2) is 79.8 Å². The molecule has 14 nitrogen and oxygen atoms in total. The number of methoxy groups -OCH3 is 1. The standard InChI is InChI=1S/C47H57N3O11/c1-21(2)29-16-17-30-31(20-29)50(11)38-36(48-30)33-34-41(54)27(8)44-35(33)45(56)47(10,61-44)59-19-18-32(58-12)24(5)43(60-28(9)51)26(7)40(53)25(6)39(52)22(3)14-13-15-23(4)46(57)49-37(38)42(34)55/h13-22,24-26,32,39-40,43,52-53,55H,1-12H3,(H,49,57)/b14-13+,19-18+,23-15-/t22-,24+,25+,26+,32-,39-,40+,43+,47-/m0/s1. The Morgan fingerprint density at radius 3 is 2.33 bits per heavy atom. The van der Waals surface area contributed by atoms with Crippen LogP contribution in [0.4, 0.5) is 5.69 Å². The van der Waals surface area contributed by atoms with Gasteiger partial charge in [0.05, 0.1) is 57.6 Å². The number of carbonyl (C=O) groups excluding carboxylic acids is 3. The molecule has 0 aliphatic carbocycles. The van der Waals surface area contributed by atoms with Gasteiger partial charge >= 0.3 is 11.8 Å². The van der Waals surface area contributed by atoms with Crippen molar-refractivity contribution in [3.8, 4) is 11.5 Å². The minimum Gasteiger partial charge on any atom is -0.505 e. The van der Waals surface area contributed by atoms with Gasteiger partial charge in [0.25, 0.3) is 11.7 Å². The van der Waals surface area contributed by atoms with Gasteiger partial charge in [0, 0.05) is 68.2 Å². The van der Waals surface area contributed by atoms with Crippen LogP contribution in [0.2, 0.25) is 0 Å². The largest absolute Gasteiger partial charge is 0.505 e. The number of phenolic OH excluding ortho intramolecular Hbond substituents is 1. The van der Waals surface area contributed by atoms with E-state index in [1.165, 1.54) is 40.2 Å². The van der Waals surface area contributed by atoms with E-state index >= 15 is 0 Å². The molecular formula is C47H57N3O11. The number of Topliss-reactive ketones (excluding diaryl/α,β-unsaturated/α-hetero) is 1. The lowest BCUT2D eigenvalue weighted by atomic mass is 9.78. The van der Waals surface area contributed by atoms with Gasteiger partial charge in [0.15, 0.2) is 11.2 Å². The van der Waals surface area contributed by atoms with Crippen molar-refractivity contribution in [2.24, 2.45) is 30.7 Å². The van der Waals surface area contributed by atoms with Gasteiger partial charge in [0.2, 0.25) is 0 Å². The van der Waals surface area contributed by atoms with Crippen LogP contribution in [0.5, 0.6) is 11.5 Å². The second-order valence-electron chi connectivity index (χ2n) is 17.1. The van der Waals surface area contributed by atoms with Crippen LogP contribution >= 0.6 is 0 Å². The number of esters is 1. The van der Waals surface area contributed by atoms with Crippen LogP contribution in [0.3, 0.4) is 0 Å². The quantitative estimate of drug-likeness (QED) is 0.0725. The molecule has 9 atom stereocenters. The van der Waals surface area contributed by atoms with Crippen molar-refractivity contribution >= 4 is 56.2 Å². The number of ketones is 1. The van der Waals surface area contributed by atoms with Crippen LogP contribution in [0.25, 0.3) is 32.8 Å².